The van der Waals surface area contributed by atoms with E-state index in [0.717, 1.165) is 31.0 Å². The maximum Gasteiger partial charge on any atom is 0.345 e. The van der Waals surface area contributed by atoms with Gasteiger partial charge in [-0.25, -0.2) is 4.79 Å². The van der Waals surface area contributed by atoms with E-state index in [2.05, 4.69) is 4.90 Å². The number of aliphatic carboxylic acids is 1. The third-order valence-corrected chi connectivity index (χ3v) is 8.16. The van der Waals surface area contributed by atoms with Gasteiger partial charge in [-0.3, -0.25) is 9.59 Å². The molecule has 0 saturated carbocycles. The van der Waals surface area contributed by atoms with Crippen LogP contribution in [0.3, 0.4) is 0 Å². The molecule has 1 spiro atoms. The average molecular weight is 488 g/mol. The van der Waals surface area contributed by atoms with Crippen LogP contribution in [0, 0.1) is 5.92 Å². The highest BCUT2D eigenvalue weighted by Gasteiger charge is 2.71. The molecule has 5 rings (SSSR count). The normalized spacial score (nSPS) is 32.3. The van der Waals surface area contributed by atoms with Crippen LogP contribution in [0.5, 0.6) is 11.5 Å². The molecule has 0 amide bonds. The number of phenolic OH excluding ortho intramolecular Hbond substituents is 1. The lowest BCUT2D eigenvalue weighted by Gasteiger charge is -2.56. The number of likely N-dealkylation sites (tertiary alicyclic amines) is 1. The van der Waals surface area contributed by atoms with Crippen molar-refractivity contribution in [2.75, 3.05) is 13.6 Å². The summed E-state index contributed by atoms with van der Waals surface area (Å²) < 4.78 is 16.8. The van der Waals surface area contributed by atoms with Crippen LogP contribution in [0.4, 0.5) is 0 Å². The van der Waals surface area contributed by atoms with E-state index in [1.54, 1.807) is 12.1 Å². The maximum absolute atomic E-state index is 13.0. The number of carbonyl (C=O) groups excluding carboxylic acids is 2. The Kier molecular flexibility index (Phi) is 5.37. The van der Waals surface area contributed by atoms with E-state index in [1.807, 2.05) is 13.1 Å². The summed E-state index contributed by atoms with van der Waals surface area (Å²) in [7, 11) is 1.99. The number of carboxylic acid groups (broad SMARTS) is 1. The molecule has 4 aliphatic rings. The van der Waals surface area contributed by atoms with Crippen molar-refractivity contribution in [2.45, 2.75) is 68.8 Å². The van der Waals surface area contributed by atoms with E-state index in [1.165, 1.54) is 6.92 Å². The van der Waals surface area contributed by atoms with Crippen molar-refractivity contribution in [2.24, 2.45) is 5.92 Å². The van der Waals surface area contributed by atoms with Crippen LogP contribution in [-0.4, -0.2) is 75.6 Å². The van der Waals surface area contributed by atoms with E-state index < -0.39 is 47.0 Å². The number of nitrogens with zero attached hydrogens (tertiary/aromatic N) is 1. The largest absolute Gasteiger partial charge is 0.504 e. The van der Waals surface area contributed by atoms with Crippen LogP contribution < -0.4 is 4.74 Å². The number of esters is 2. The predicted octanol–water partition coefficient (Wildman–Crippen LogP) is 1.26. The van der Waals surface area contributed by atoms with E-state index in [-0.39, 0.29) is 29.7 Å². The molecule has 1 aromatic rings. The second-order valence-corrected chi connectivity index (χ2v) is 10.0. The van der Waals surface area contributed by atoms with Crippen LogP contribution >= 0.6 is 0 Å². The Morgan fingerprint density at radius 3 is 2.71 bits per heavy atom. The molecule has 3 N–H and O–H groups in total. The van der Waals surface area contributed by atoms with Crippen molar-refractivity contribution >= 4 is 17.9 Å². The minimum Gasteiger partial charge on any atom is -0.504 e. The van der Waals surface area contributed by atoms with Crippen LogP contribution in [0.25, 0.3) is 0 Å². The SMILES string of the molecule is CC(=O)O[C@@H](C(=O)O)[C@@H](C)C(=O)OC1=CC[C@@]2(O)[C@H]3Cc4ccc(O)c5c4[C@@]2(CCCN3C)[C@H]1O5. The molecule has 35 heavy (non-hydrogen) atoms. The second-order valence-electron chi connectivity index (χ2n) is 10.0. The van der Waals surface area contributed by atoms with Gasteiger partial charge in [0.1, 0.15) is 11.7 Å². The summed E-state index contributed by atoms with van der Waals surface area (Å²) in [5.41, 5.74) is -0.433. The molecular weight excluding hydrogens is 458 g/mol. The minimum atomic E-state index is -1.71. The number of phenols is 1. The molecule has 1 fully saturated rings. The van der Waals surface area contributed by atoms with Crippen molar-refractivity contribution in [1.29, 1.82) is 0 Å². The predicted molar refractivity (Wildman–Crippen MR) is 120 cm³/mol. The minimum absolute atomic E-state index is 0.0502. The number of carbonyl (C=O) groups is 3. The van der Waals surface area contributed by atoms with Crippen LogP contribution in [0.15, 0.2) is 24.0 Å². The third-order valence-electron chi connectivity index (χ3n) is 8.16. The number of ether oxygens (including phenoxy) is 3. The lowest BCUT2D eigenvalue weighted by atomic mass is 9.52. The molecule has 0 unspecified atom stereocenters. The highest BCUT2D eigenvalue weighted by molar-refractivity contribution is 5.85. The van der Waals surface area contributed by atoms with Gasteiger partial charge in [-0.2, -0.15) is 0 Å². The lowest BCUT2D eigenvalue weighted by Crippen LogP contribution is -2.69. The molecule has 10 nitrogen and oxygen atoms in total. The van der Waals surface area contributed by atoms with Gasteiger partial charge in [0.25, 0.3) is 0 Å². The van der Waals surface area contributed by atoms with Crippen molar-refractivity contribution in [3.8, 4) is 11.5 Å². The first-order valence-electron chi connectivity index (χ1n) is 11.8. The van der Waals surface area contributed by atoms with Gasteiger partial charge in [0, 0.05) is 24.9 Å². The fourth-order valence-corrected chi connectivity index (χ4v) is 6.57. The van der Waals surface area contributed by atoms with Crippen molar-refractivity contribution in [1.82, 2.24) is 4.90 Å². The zero-order valence-electron chi connectivity index (χ0n) is 19.8. The summed E-state index contributed by atoms with van der Waals surface area (Å²) in [5, 5.41) is 32.3. The summed E-state index contributed by atoms with van der Waals surface area (Å²) in [5.74, 6) is -4.08. The monoisotopic (exact) mass is 487 g/mol. The average Bonchev–Trinajstić information content (AvgIpc) is 3.13. The van der Waals surface area contributed by atoms with Gasteiger partial charge in [0.2, 0.25) is 6.10 Å². The van der Waals surface area contributed by atoms with E-state index in [4.69, 9.17) is 14.2 Å². The standard InChI is InChI=1S/C25H29NO9/c1-12(19(22(29)30)33-13(2)27)23(31)34-16-7-9-25(32)17-11-14-5-6-15(28)20-18(14)24(25,21(16)35-20)8-4-10-26(17)3/h5-7,12,17,19,21,28,32H,4,8-11H2,1-3H3,(H,29,30)/t12-,17-,19-,21+,24+,25-/m1/s1. The molecule has 188 valence electrons. The fourth-order valence-electron chi connectivity index (χ4n) is 6.57. The topological polar surface area (TPSA) is 143 Å². The molecule has 6 atom stereocenters. The van der Waals surface area contributed by atoms with E-state index in [9.17, 15) is 29.7 Å². The van der Waals surface area contributed by atoms with Crippen LogP contribution in [0.1, 0.15) is 44.2 Å². The summed E-state index contributed by atoms with van der Waals surface area (Å²) in [6.07, 6.45) is 1.13. The Morgan fingerprint density at radius 2 is 2.03 bits per heavy atom. The summed E-state index contributed by atoms with van der Waals surface area (Å²) >= 11 is 0. The summed E-state index contributed by atoms with van der Waals surface area (Å²) in [6.45, 7) is 3.15. The van der Waals surface area contributed by atoms with E-state index in [0.29, 0.717) is 12.8 Å². The molecule has 2 aliphatic heterocycles. The molecule has 0 aromatic heterocycles. The number of benzene rings is 1. The number of aromatic hydroxyl groups is 1. The van der Waals surface area contributed by atoms with Crippen molar-refractivity contribution in [3.05, 3.63) is 35.1 Å². The maximum atomic E-state index is 13.0. The number of hydrogen-bond acceptors (Lipinski definition) is 9. The highest BCUT2D eigenvalue weighted by atomic mass is 16.6. The molecule has 2 aliphatic carbocycles. The number of hydrogen-bond donors (Lipinski definition) is 3. The molecule has 10 heteroatoms. The molecule has 2 heterocycles. The number of aliphatic hydroxyl groups is 1. The molecule has 1 saturated heterocycles. The Hall–Kier alpha value is -3.11. The molecule has 2 bridgehead atoms. The van der Waals surface area contributed by atoms with E-state index >= 15 is 0 Å². The lowest BCUT2D eigenvalue weighted by molar-refractivity contribution is -0.173. The Labute approximate surface area is 202 Å². The van der Waals surface area contributed by atoms with Gasteiger partial charge >= 0.3 is 17.9 Å². The van der Waals surface area contributed by atoms with Crippen LogP contribution in [-0.2, 0) is 35.7 Å². The van der Waals surface area contributed by atoms with Gasteiger partial charge in [-0.15, -0.1) is 0 Å². The first kappa shape index (κ1) is 23.6. The zero-order chi connectivity index (χ0) is 25.3. The van der Waals surface area contributed by atoms with Gasteiger partial charge in [0.05, 0.1) is 11.0 Å². The summed E-state index contributed by atoms with van der Waals surface area (Å²) in [6, 6.07) is 3.23. The number of carboxylic acids is 1. The highest BCUT2D eigenvalue weighted by Crippen LogP contribution is 2.64. The molecule has 1 aromatic carbocycles. The Balaban J connectivity index is 1.55. The fraction of sp³-hybridized carbons (Fsp3) is 0.560. The second kappa shape index (κ2) is 7.96. The van der Waals surface area contributed by atoms with Crippen molar-refractivity contribution < 1.29 is 43.9 Å². The van der Waals surface area contributed by atoms with Crippen LogP contribution in [0.2, 0.25) is 0 Å². The number of likely N-dealkylation sites (N-methyl/N-ethyl adjacent to an activating group) is 1. The first-order valence-corrected chi connectivity index (χ1v) is 11.8. The third kappa shape index (κ3) is 3.19. The quantitative estimate of drug-likeness (QED) is 0.519. The van der Waals surface area contributed by atoms with Gasteiger partial charge in [-0.05, 0) is 57.5 Å². The Morgan fingerprint density at radius 1 is 1.29 bits per heavy atom. The smallest absolute Gasteiger partial charge is 0.345 e. The van der Waals surface area contributed by atoms with Gasteiger partial charge in [0.15, 0.2) is 17.6 Å². The first-order chi connectivity index (χ1) is 16.5. The van der Waals surface area contributed by atoms with Gasteiger partial charge < -0.3 is 34.4 Å². The number of rotatable bonds is 5. The Bertz CT molecular complexity index is 1150. The molecular formula is C25H29NO9. The van der Waals surface area contributed by atoms with Crippen molar-refractivity contribution in [3.63, 3.8) is 0 Å². The summed E-state index contributed by atoms with van der Waals surface area (Å²) in [4.78, 5) is 38.1. The molecule has 0 radical (unpaired) electrons. The van der Waals surface area contributed by atoms with Gasteiger partial charge in [-0.1, -0.05) is 6.07 Å². The zero-order valence-corrected chi connectivity index (χ0v) is 19.8.